The Labute approximate surface area is 239 Å². The first-order valence-electron chi connectivity index (χ1n) is 7.75. The van der Waals surface area contributed by atoms with Crippen LogP contribution >= 0.6 is 0 Å². The maximum absolute atomic E-state index is 11.0. The maximum Gasteiger partial charge on any atom is 0.317 e. The van der Waals surface area contributed by atoms with Crippen LogP contribution in [0, 0.1) is 0 Å². The minimum absolute atomic E-state index is 0. The molecule has 0 saturated heterocycles. The van der Waals surface area contributed by atoms with Crippen LogP contribution in [0.15, 0.2) is 0 Å². The van der Waals surface area contributed by atoms with Crippen molar-refractivity contribution < 1.29 is 49.5 Å². The summed E-state index contributed by atoms with van der Waals surface area (Å²) in [5.74, 6) is -6.16. The topological polar surface area (TPSA) is 196 Å². The van der Waals surface area contributed by atoms with Gasteiger partial charge in [0.05, 0.1) is 32.7 Å². The smallest absolute Gasteiger partial charge is 0.317 e. The molecule has 0 unspecified atom stereocenters. The van der Waals surface area contributed by atoms with Gasteiger partial charge >= 0.3 is 29.8 Å². The number of hydrogen-bond acceptors (Lipinski definition) is 8. The van der Waals surface area contributed by atoms with Crippen LogP contribution in [0.2, 0.25) is 0 Å². The number of nitrogens with zero attached hydrogens (tertiary/aromatic N) is 3. The van der Waals surface area contributed by atoms with Crippen molar-refractivity contribution >= 4 is 119 Å². The zero-order chi connectivity index (χ0) is 21.0. The van der Waals surface area contributed by atoms with E-state index in [1.807, 2.05) is 0 Å². The molecule has 0 bridgehead atoms. The fraction of sp³-hybridized carbons (Fsp3) is 0.643. The average Bonchev–Trinajstić information content (AvgIpc) is 2.46. The first kappa shape index (κ1) is 37.5. The molecule has 0 aliphatic carbocycles. The van der Waals surface area contributed by atoms with Gasteiger partial charge < -0.3 is 25.5 Å². The van der Waals surface area contributed by atoms with Gasteiger partial charge in [-0.1, -0.05) is 0 Å². The number of carboxylic acid groups (broad SMARTS) is 5. The molecule has 3 radical (unpaired) electrons. The van der Waals surface area contributed by atoms with Gasteiger partial charge in [-0.25, -0.2) is 0 Å². The zero-order valence-corrected chi connectivity index (χ0v) is 23.5. The van der Waals surface area contributed by atoms with Crippen molar-refractivity contribution in [3.8, 4) is 0 Å². The van der Waals surface area contributed by atoms with Crippen LogP contribution in [0.5, 0.6) is 0 Å². The summed E-state index contributed by atoms with van der Waals surface area (Å²) < 4.78 is 0. The predicted octanol–water partition coefficient (Wildman–Crippen LogP) is -3.83. The van der Waals surface area contributed by atoms with Crippen molar-refractivity contribution in [2.24, 2.45) is 0 Å². The Balaban J connectivity index is -0.00000113. The van der Waals surface area contributed by atoms with Crippen LogP contribution in [-0.2, 0) is 24.0 Å². The molecule has 0 aromatic heterocycles. The summed E-state index contributed by atoms with van der Waals surface area (Å²) in [6, 6.07) is 0. The Hall–Kier alpha value is 0.230. The van der Waals surface area contributed by atoms with E-state index < -0.39 is 62.6 Å². The van der Waals surface area contributed by atoms with E-state index in [4.69, 9.17) is 25.5 Å². The van der Waals surface area contributed by atoms with Gasteiger partial charge in [0, 0.05) is 115 Å². The summed E-state index contributed by atoms with van der Waals surface area (Å²) in [6.45, 7) is -2.74. The van der Waals surface area contributed by atoms with Gasteiger partial charge in [0.2, 0.25) is 0 Å². The quantitative estimate of drug-likeness (QED) is 0.140. The number of rotatable bonds is 16. The molecule has 0 fully saturated rings. The van der Waals surface area contributed by atoms with Gasteiger partial charge in [0.25, 0.3) is 0 Å². The third-order valence-corrected chi connectivity index (χ3v) is 3.26. The maximum atomic E-state index is 11.0. The van der Waals surface area contributed by atoms with Crippen LogP contribution in [0.3, 0.4) is 0 Å². The van der Waals surface area contributed by atoms with E-state index in [-0.39, 0.29) is 115 Å². The SMILES string of the molecule is O=C(O)CN(CCN(CC(=O)O)CC(=O)O)CCN(CC(=O)O)CC(=O)O.[Na].[Na].[Na]. The number of carboxylic acids is 5. The van der Waals surface area contributed by atoms with Crippen LogP contribution in [0.1, 0.15) is 0 Å². The standard InChI is InChI=1S/C14H23N3O10.3Na/c18-10(19)5-15(1-3-16(6-11(20)21)7-12(22)23)2-4-17(8-13(24)25)9-14(26)27;;;/h1-9H2,(H,18,19)(H,20,21)(H,22,23)(H,24,25)(H,26,27);;;. The Kier molecular flexibility index (Phi) is 26.4. The molecule has 157 valence electrons. The summed E-state index contributed by atoms with van der Waals surface area (Å²) in [5, 5.41) is 44.1. The molecule has 16 heteroatoms. The zero-order valence-electron chi connectivity index (χ0n) is 17.5. The van der Waals surface area contributed by atoms with Gasteiger partial charge in [-0.2, -0.15) is 0 Å². The summed E-state index contributed by atoms with van der Waals surface area (Å²) >= 11 is 0. The van der Waals surface area contributed by atoms with E-state index in [1.54, 1.807) is 0 Å². The molecule has 30 heavy (non-hydrogen) atoms. The van der Waals surface area contributed by atoms with Gasteiger partial charge in [-0.15, -0.1) is 0 Å². The van der Waals surface area contributed by atoms with Gasteiger partial charge in [0.1, 0.15) is 0 Å². The van der Waals surface area contributed by atoms with Crippen molar-refractivity contribution in [1.29, 1.82) is 0 Å². The molecule has 0 heterocycles. The summed E-state index contributed by atoms with van der Waals surface area (Å²) in [7, 11) is 0. The van der Waals surface area contributed by atoms with Crippen molar-refractivity contribution in [3.05, 3.63) is 0 Å². The fourth-order valence-electron chi connectivity index (χ4n) is 2.22. The molecular formula is C14H23N3Na3O10. The molecule has 0 aromatic rings. The van der Waals surface area contributed by atoms with Crippen LogP contribution < -0.4 is 0 Å². The second-order valence-electron chi connectivity index (χ2n) is 5.67. The van der Waals surface area contributed by atoms with E-state index in [0.29, 0.717) is 0 Å². The Morgan fingerprint density at radius 1 is 0.400 bits per heavy atom. The molecular weight excluding hydrogens is 439 g/mol. The van der Waals surface area contributed by atoms with E-state index in [0.717, 1.165) is 9.80 Å². The average molecular weight is 462 g/mol. The van der Waals surface area contributed by atoms with Crippen molar-refractivity contribution in [2.45, 2.75) is 0 Å². The summed E-state index contributed by atoms with van der Waals surface area (Å²) in [4.78, 5) is 57.6. The van der Waals surface area contributed by atoms with E-state index in [2.05, 4.69) is 0 Å². The monoisotopic (exact) mass is 462 g/mol. The molecule has 0 spiro atoms. The first-order chi connectivity index (χ1) is 12.5. The van der Waals surface area contributed by atoms with E-state index in [9.17, 15) is 24.0 Å². The van der Waals surface area contributed by atoms with Crippen molar-refractivity contribution in [1.82, 2.24) is 14.7 Å². The molecule has 0 saturated carbocycles. The van der Waals surface area contributed by atoms with E-state index in [1.165, 1.54) is 4.90 Å². The predicted molar refractivity (Wildman–Crippen MR) is 105 cm³/mol. The number of carbonyl (C=O) groups is 5. The second-order valence-corrected chi connectivity index (χ2v) is 5.67. The first-order valence-corrected chi connectivity index (χ1v) is 7.75. The minimum atomic E-state index is -1.24. The van der Waals surface area contributed by atoms with Gasteiger partial charge in [-0.3, -0.25) is 38.7 Å². The molecule has 0 aromatic carbocycles. The number of aliphatic carboxylic acids is 5. The van der Waals surface area contributed by atoms with Gasteiger partial charge in [-0.05, 0) is 0 Å². The Bertz CT molecular complexity index is 495. The minimum Gasteiger partial charge on any atom is -0.480 e. The van der Waals surface area contributed by atoms with Crippen LogP contribution in [-0.4, -0.2) is 218 Å². The molecule has 5 N–H and O–H groups in total. The van der Waals surface area contributed by atoms with Crippen molar-refractivity contribution in [3.63, 3.8) is 0 Å². The molecule has 0 rings (SSSR count). The second kappa shape index (κ2) is 21.1. The Morgan fingerprint density at radius 2 is 0.567 bits per heavy atom. The van der Waals surface area contributed by atoms with E-state index >= 15 is 0 Å². The summed E-state index contributed by atoms with van der Waals surface area (Å²) in [6.07, 6.45) is 0. The molecule has 13 nitrogen and oxygen atoms in total. The fourth-order valence-corrected chi connectivity index (χ4v) is 2.22. The largest absolute Gasteiger partial charge is 0.480 e. The Morgan fingerprint density at radius 3 is 0.767 bits per heavy atom. The number of hydrogen-bond donors (Lipinski definition) is 5. The third-order valence-electron chi connectivity index (χ3n) is 3.26. The van der Waals surface area contributed by atoms with Gasteiger partial charge in [0.15, 0.2) is 0 Å². The summed E-state index contributed by atoms with van der Waals surface area (Å²) in [5.41, 5.74) is 0. The van der Waals surface area contributed by atoms with Crippen molar-refractivity contribution in [2.75, 3.05) is 58.9 Å². The third kappa shape index (κ3) is 22.9. The van der Waals surface area contributed by atoms with Crippen LogP contribution in [0.25, 0.3) is 0 Å². The van der Waals surface area contributed by atoms with Crippen LogP contribution in [0.4, 0.5) is 0 Å². The molecule has 0 amide bonds. The molecule has 0 aliphatic rings. The normalized spacial score (nSPS) is 9.97. The molecule has 0 aliphatic heterocycles. The molecule has 0 atom stereocenters.